The Morgan fingerprint density at radius 3 is 2.25 bits per heavy atom. The SMILES string of the molecule is CCC(OC)C(N)=NC(C)(C)C. The third kappa shape index (κ3) is 4.34. The minimum absolute atomic E-state index is 0.0378. The highest BCUT2D eigenvalue weighted by molar-refractivity contribution is 5.85. The molecule has 72 valence electrons. The highest BCUT2D eigenvalue weighted by Crippen LogP contribution is 2.08. The summed E-state index contributed by atoms with van der Waals surface area (Å²) in [7, 11) is 1.65. The number of nitrogens with two attached hydrogens (primary N) is 1. The van der Waals surface area contributed by atoms with Crippen LogP contribution in [0.1, 0.15) is 34.1 Å². The van der Waals surface area contributed by atoms with Crippen molar-refractivity contribution < 1.29 is 4.74 Å². The normalized spacial score (nSPS) is 16.2. The molecule has 1 atom stereocenters. The molecule has 0 heterocycles. The van der Waals surface area contributed by atoms with Crippen LogP contribution in [0, 0.1) is 0 Å². The van der Waals surface area contributed by atoms with Gasteiger partial charge in [0.2, 0.25) is 0 Å². The summed E-state index contributed by atoms with van der Waals surface area (Å²) in [4.78, 5) is 4.32. The number of methoxy groups -OCH3 is 1. The number of rotatable bonds is 3. The van der Waals surface area contributed by atoms with Crippen molar-refractivity contribution in [3.05, 3.63) is 0 Å². The summed E-state index contributed by atoms with van der Waals surface area (Å²) in [5, 5.41) is 0. The molecule has 0 fully saturated rings. The fourth-order valence-electron chi connectivity index (χ4n) is 0.956. The molecule has 0 radical (unpaired) electrons. The molecule has 2 N–H and O–H groups in total. The zero-order chi connectivity index (χ0) is 9.78. The summed E-state index contributed by atoms with van der Waals surface area (Å²) in [6, 6.07) is 0. The Bertz CT molecular complexity index is 154. The summed E-state index contributed by atoms with van der Waals surface area (Å²) in [6.07, 6.45) is 0.825. The number of ether oxygens (including phenoxy) is 1. The topological polar surface area (TPSA) is 47.6 Å². The summed E-state index contributed by atoms with van der Waals surface area (Å²) in [6.45, 7) is 8.08. The number of hydrogen-bond donors (Lipinski definition) is 1. The van der Waals surface area contributed by atoms with Gasteiger partial charge in [-0.1, -0.05) is 6.92 Å². The van der Waals surface area contributed by atoms with E-state index in [9.17, 15) is 0 Å². The highest BCUT2D eigenvalue weighted by Gasteiger charge is 2.13. The van der Waals surface area contributed by atoms with E-state index in [2.05, 4.69) is 4.99 Å². The second kappa shape index (κ2) is 4.45. The molecule has 0 saturated heterocycles. The van der Waals surface area contributed by atoms with E-state index in [-0.39, 0.29) is 11.6 Å². The first-order valence-electron chi connectivity index (χ1n) is 4.28. The van der Waals surface area contributed by atoms with Crippen molar-refractivity contribution in [2.24, 2.45) is 10.7 Å². The average Bonchev–Trinajstić information content (AvgIpc) is 1.85. The highest BCUT2D eigenvalue weighted by atomic mass is 16.5. The van der Waals surface area contributed by atoms with Gasteiger partial charge in [-0.15, -0.1) is 0 Å². The predicted molar refractivity (Wildman–Crippen MR) is 52.5 cm³/mol. The van der Waals surface area contributed by atoms with Gasteiger partial charge in [-0.05, 0) is 27.2 Å². The Labute approximate surface area is 75.0 Å². The first-order valence-corrected chi connectivity index (χ1v) is 4.28. The lowest BCUT2D eigenvalue weighted by Crippen LogP contribution is -2.33. The smallest absolute Gasteiger partial charge is 0.124 e. The molecular weight excluding hydrogens is 152 g/mol. The van der Waals surface area contributed by atoms with Gasteiger partial charge in [0.15, 0.2) is 0 Å². The quantitative estimate of drug-likeness (QED) is 0.519. The molecule has 0 aliphatic heterocycles. The Morgan fingerprint density at radius 2 is 2.00 bits per heavy atom. The maximum absolute atomic E-state index is 5.75. The van der Waals surface area contributed by atoms with Crippen LogP contribution >= 0.6 is 0 Å². The van der Waals surface area contributed by atoms with Gasteiger partial charge in [0.25, 0.3) is 0 Å². The standard InChI is InChI=1S/C9H20N2O/c1-6-7(12-5)8(10)11-9(2,3)4/h7H,6H2,1-5H3,(H2,10,11). The van der Waals surface area contributed by atoms with Crippen LogP contribution < -0.4 is 5.73 Å². The lowest BCUT2D eigenvalue weighted by atomic mass is 10.1. The fourth-order valence-corrected chi connectivity index (χ4v) is 0.956. The molecule has 0 rings (SSSR count). The third-order valence-corrected chi connectivity index (χ3v) is 1.45. The maximum atomic E-state index is 5.75. The van der Waals surface area contributed by atoms with Gasteiger partial charge in [-0.3, -0.25) is 4.99 Å². The van der Waals surface area contributed by atoms with Crippen molar-refractivity contribution in [1.82, 2.24) is 0 Å². The number of aliphatic imine (C=N–C) groups is 1. The maximum Gasteiger partial charge on any atom is 0.124 e. The van der Waals surface area contributed by atoms with E-state index in [0.717, 1.165) is 6.42 Å². The Hall–Kier alpha value is -0.570. The number of amidine groups is 1. The van der Waals surface area contributed by atoms with Crippen LogP contribution in [0.3, 0.4) is 0 Å². The second-order valence-corrected chi connectivity index (χ2v) is 3.84. The van der Waals surface area contributed by atoms with Gasteiger partial charge in [0, 0.05) is 7.11 Å². The molecule has 3 nitrogen and oxygen atoms in total. The van der Waals surface area contributed by atoms with E-state index in [1.165, 1.54) is 0 Å². The Morgan fingerprint density at radius 1 is 1.50 bits per heavy atom. The molecule has 12 heavy (non-hydrogen) atoms. The van der Waals surface area contributed by atoms with Crippen LogP contribution in [0.15, 0.2) is 4.99 Å². The Kier molecular flexibility index (Phi) is 4.24. The summed E-state index contributed by atoms with van der Waals surface area (Å²) in [5.41, 5.74) is 5.64. The summed E-state index contributed by atoms with van der Waals surface area (Å²) >= 11 is 0. The fraction of sp³-hybridized carbons (Fsp3) is 0.889. The van der Waals surface area contributed by atoms with Crippen LogP contribution in [0.2, 0.25) is 0 Å². The third-order valence-electron chi connectivity index (χ3n) is 1.45. The number of nitrogens with zero attached hydrogens (tertiary/aromatic N) is 1. The molecule has 0 bridgehead atoms. The lowest BCUT2D eigenvalue weighted by molar-refractivity contribution is 0.151. The van der Waals surface area contributed by atoms with Gasteiger partial charge >= 0.3 is 0 Å². The molecule has 0 saturated carbocycles. The van der Waals surface area contributed by atoms with E-state index >= 15 is 0 Å². The first kappa shape index (κ1) is 11.4. The van der Waals surface area contributed by atoms with Crippen LogP contribution in [0.25, 0.3) is 0 Å². The monoisotopic (exact) mass is 172 g/mol. The zero-order valence-corrected chi connectivity index (χ0v) is 8.72. The van der Waals surface area contributed by atoms with E-state index in [1.807, 2.05) is 27.7 Å². The molecule has 0 amide bonds. The minimum atomic E-state index is -0.115. The van der Waals surface area contributed by atoms with Gasteiger partial charge < -0.3 is 10.5 Å². The van der Waals surface area contributed by atoms with Crippen molar-refractivity contribution in [1.29, 1.82) is 0 Å². The van der Waals surface area contributed by atoms with E-state index < -0.39 is 0 Å². The molecule has 1 unspecified atom stereocenters. The molecule has 0 aromatic carbocycles. The van der Waals surface area contributed by atoms with Crippen molar-refractivity contribution in [2.45, 2.75) is 45.8 Å². The molecule has 0 aliphatic rings. The largest absolute Gasteiger partial charge is 0.385 e. The van der Waals surface area contributed by atoms with Crippen LogP contribution in [0.5, 0.6) is 0 Å². The van der Waals surface area contributed by atoms with Crippen LogP contribution in [-0.2, 0) is 4.74 Å². The van der Waals surface area contributed by atoms with Crippen molar-refractivity contribution >= 4 is 5.84 Å². The van der Waals surface area contributed by atoms with Crippen molar-refractivity contribution in [3.8, 4) is 0 Å². The van der Waals surface area contributed by atoms with E-state index in [1.54, 1.807) is 7.11 Å². The molecule has 0 aromatic rings. The van der Waals surface area contributed by atoms with Gasteiger partial charge in [-0.25, -0.2) is 0 Å². The average molecular weight is 172 g/mol. The van der Waals surface area contributed by atoms with Crippen molar-refractivity contribution in [2.75, 3.05) is 7.11 Å². The molecular formula is C9H20N2O. The van der Waals surface area contributed by atoms with E-state index in [4.69, 9.17) is 10.5 Å². The zero-order valence-electron chi connectivity index (χ0n) is 8.72. The predicted octanol–water partition coefficient (Wildman–Crippen LogP) is 1.57. The van der Waals surface area contributed by atoms with E-state index in [0.29, 0.717) is 5.84 Å². The van der Waals surface area contributed by atoms with Crippen LogP contribution in [-0.4, -0.2) is 24.6 Å². The van der Waals surface area contributed by atoms with Crippen LogP contribution in [0.4, 0.5) is 0 Å². The summed E-state index contributed by atoms with van der Waals surface area (Å²) < 4.78 is 5.15. The van der Waals surface area contributed by atoms with Crippen molar-refractivity contribution in [3.63, 3.8) is 0 Å². The van der Waals surface area contributed by atoms with Gasteiger partial charge in [0.1, 0.15) is 11.9 Å². The molecule has 0 spiro atoms. The lowest BCUT2D eigenvalue weighted by Gasteiger charge is -2.18. The minimum Gasteiger partial charge on any atom is -0.385 e. The summed E-state index contributed by atoms with van der Waals surface area (Å²) in [5.74, 6) is 0.590. The molecule has 0 aromatic heterocycles. The number of hydrogen-bond acceptors (Lipinski definition) is 2. The second-order valence-electron chi connectivity index (χ2n) is 3.84. The first-order chi connectivity index (χ1) is 5.40. The van der Waals surface area contributed by atoms with Gasteiger partial charge in [-0.2, -0.15) is 0 Å². The Balaban J connectivity index is 4.34. The van der Waals surface area contributed by atoms with Gasteiger partial charge in [0.05, 0.1) is 5.54 Å². The molecule has 3 heteroatoms. The molecule has 0 aliphatic carbocycles.